The second kappa shape index (κ2) is 7.23. The number of carbonyl (C=O) groups excluding carboxylic acids is 2. The Morgan fingerprint density at radius 3 is 2.92 bits per heavy atom. The van der Waals surface area contributed by atoms with Crippen LogP contribution in [-0.2, 0) is 9.59 Å². The van der Waals surface area contributed by atoms with Crippen molar-refractivity contribution in [3.05, 3.63) is 40.5 Å². The van der Waals surface area contributed by atoms with Gasteiger partial charge in [0.25, 0.3) is 0 Å². The van der Waals surface area contributed by atoms with E-state index in [4.69, 9.17) is 16.1 Å². The third-order valence-electron chi connectivity index (χ3n) is 4.26. The summed E-state index contributed by atoms with van der Waals surface area (Å²) < 4.78 is 5.19. The van der Waals surface area contributed by atoms with Crippen molar-refractivity contribution in [3.8, 4) is 0 Å². The van der Waals surface area contributed by atoms with Crippen molar-refractivity contribution in [2.24, 2.45) is 0 Å². The van der Waals surface area contributed by atoms with E-state index in [1.165, 1.54) is 0 Å². The quantitative estimate of drug-likeness (QED) is 0.844. The third-order valence-corrected chi connectivity index (χ3v) is 4.66. The van der Waals surface area contributed by atoms with Crippen molar-refractivity contribution in [1.29, 1.82) is 0 Å². The number of aryl methyl sites for hydroxylation is 1. The normalized spacial score (nSPS) is 16.9. The number of carbonyl (C=O) groups is 2. The number of amides is 2. The molecule has 1 saturated heterocycles. The fourth-order valence-electron chi connectivity index (χ4n) is 2.95. The molecular weight excluding hydrogens is 344 g/mol. The van der Waals surface area contributed by atoms with Gasteiger partial charge in [0.05, 0.1) is 0 Å². The number of hydrogen-bond acceptors (Lipinski definition) is 5. The Balaban J connectivity index is 1.65. The Hall–Kier alpha value is -2.41. The van der Waals surface area contributed by atoms with E-state index in [-0.39, 0.29) is 24.3 Å². The van der Waals surface area contributed by atoms with Gasteiger partial charge in [-0.3, -0.25) is 9.59 Å². The first kappa shape index (κ1) is 17.4. The maximum absolute atomic E-state index is 12.5. The summed E-state index contributed by atoms with van der Waals surface area (Å²) in [7, 11) is 0. The molecule has 132 valence electrons. The molecule has 2 heterocycles. The number of benzene rings is 1. The Morgan fingerprint density at radius 1 is 1.40 bits per heavy atom. The van der Waals surface area contributed by atoms with Gasteiger partial charge in [-0.25, -0.2) is 0 Å². The van der Waals surface area contributed by atoms with Crippen LogP contribution in [0.2, 0.25) is 5.02 Å². The first-order valence-corrected chi connectivity index (χ1v) is 8.48. The van der Waals surface area contributed by atoms with Crippen LogP contribution >= 0.6 is 11.6 Å². The van der Waals surface area contributed by atoms with E-state index >= 15 is 0 Å². The molecule has 1 atom stereocenters. The topological polar surface area (TPSA) is 88.3 Å². The molecule has 1 N–H and O–H groups in total. The summed E-state index contributed by atoms with van der Waals surface area (Å²) in [5.41, 5.74) is 1.38. The Labute approximate surface area is 150 Å². The van der Waals surface area contributed by atoms with Crippen molar-refractivity contribution >= 4 is 29.1 Å². The van der Waals surface area contributed by atoms with Crippen molar-refractivity contribution < 1.29 is 14.1 Å². The molecule has 0 saturated carbocycles. The highest BCUT2D eigenvalue weighted by Gasteiger charge is 2.34. The van der Waals surface area contributed by atoms with Gasteiger partial charge in [-0.15, -0.1) is 0 Å². The highest BCUT2D eigenvalue weighted by atomic mass is 35.5. The molecular formula is C17H19ClN4O3. The lowest BCUT2D eigenvalue weighted by molar-refractivity contribution is -0.135. The Bertz CT molecular complexity index is 805. The number of hydrogen-bond donors (Lipinski definition) is 1. The largest absolute Gasteiger partial charge is 0.337 e. The third kappa shape index (κ3) is 3.82. The lowest BCUT2D eigenvalue weighted by Gasteiger charge is -2.21. The van der Waals surface area contributed by atoms with Gasteiger partial charge in [0.15, 0.2) is 5.82 Å². The molecule has 0 aliphatic carbocycles. The van der Waals surface area contributed by atoms with Gasteiger partial charge < -0.3 is 14.7 Å². The summed E-state index contributed by atoms with van der Waals surface area (Å²) in [6.45, 7) is 4.12. The van der Waals surface area contributed by atoms with Crippen LogP contribution < -0.4 is 5.32 Å². The molecule has 3 rings (SSSR count). The van der Waals surface area contributed by atoms with Crippen molar-refractivity contribution in [2.45, 2.75) is 39.2 Å². The SMILES string of the molecule is Cc1noc(C2CCCN2C(=O)CC(=O)Nc2cccc(Cl)c2C)n1. The molecule has 8 heteroatoms. The molecule has 1 fully saturated rings. The van der Waals surface area contributed by atoms with Gasteiger partial charge >= 0.3 is 0 Å². The number of nitrogens with one attached hydrogen (secondary N) is 1. The average molecular weight is 363 g/mol. The molecule has 2 aromatic rings. The summed E-state index contributed by atoms with van der Waals surface area (Å²) in [6, 6.07) is 5.00. The smallest absolute Gasteiger partial charge is 0.249 e. The van der Waals surface area contributed by atoms with Crippen LogP contribution in [0.3, 0.4) is 0 Å². The molecule has 1 aliphatic heterocycles. The zero-order chi connectivity index (χ0) is 18.0. The second-order valence-corrected chi connectivity index (χ2v) is 6.47. The number of aromatic nitrogens is 2. The van der Waals surface area contributed by atoms with E-state index in [0.717, 1.165) is 18.4 Å². The average Bonchev–Trinajstić information content (AvgIpc) is 3.20. The van der Waals surface area contributed by atoms with Gasteiger partial charge in [-0.05, 0) is 44.4 Å². The summed E-state index contributed by atoms with van der Waals surface area (Å²) >= 11 is 6.05. The lowest BCUT2D eigenvalue weighted by Crippen LogP contribution is -2.33. The number of likely N-dealkylation sites (tertiary alicyclic amines) is 1. The van der Waals surface area contributed by atoms with Crippen LogP contribution in [0.15, 0.2) is 22.7 Å². The molecule has 1 aromatic carbocycles. The van der Waals surface area contributed by atoms with Crippen LogP contribution in [0, 0.1) is 13.8 Å². The fourth-order valence-corrected chi connectivity index (χ4v) is 3.12. The van der Waals surface area contributed by atoms with Gasteiger partial charge in [-0.1, -0.05) is 22.8 Å². The maximum Gasteiger partial charge on any atom is 0.249 e. The molecule has 0 radical (unpaired) electrons. The molecule has 1 aromatic heterocycles. The summed E-state index contributed by atoms with van der Waals surface area (Å²) in [6.07, 6.45) is 1.35. The Kier molecular flexibility index (Phi) is 5.03. The maximum atomic E-state index is 12.5. The zero-order valence-corrected chi connectivity index (χ0v) is 14.8. The number of rotatable bonds is 4. The number of nitrogens with zero attached hydrogens (tertiary/aromatic N) is 3. The van der Waals surface area contributed by atoms with Crippen LogP contribution in [-0.4, -0.2) is 33.4 Å². The van der Waals surface area contributed by atoms with E-state index in [0.29, 0.717) is 29.0 Å². The second-order valence-electron chi connectivity index (χ2n) is 6.06. The van der Waals surface area contributed by atoms with Gasteiger partial charge in [-0.2, -0.15) is 4.98 Å². The van der Waals surface area contributed by atoms with E-state index in [1.807, 2.05) is 6.92 Å². The zero-order valence-electron chi connectivity index (χ0n) is 14.1. The molecule has 25 heavy (non-hydrogen) atoms. The molecule has 0 bridgehead atoms. The highest BCUT2D eigenvalue weighted by molar-refractivity contribution is 6.31. The summed E-state index contributed by atoms with van der Waals surface area (Å²) in [5.74, 6) is 0.330. The van der Waals surface area contributed by atoms with Crippen LogP contribution in [0.5, 0.6) is 0 Å². The number of anilines is 1. The van der Waals surface area contributed by atoms with Crippen molar-refractivity contribution in [2.75, 3.05) is 11.9 Å². The molecule has 1 aliphatic rings. The minimum absolute atomic E-state index is 0.241. The lowest BCUT2D eigenvalue weighted by atomic mass is 10.2. The minimum Gasteiger partial charge on any atom is -0.337 e. The first-order valence-electron chi connectivity index (χ1n) is 8.10. The Morgan fingerprint density at radius 2 is 2.20 bits per heavy atom. The molecule has 0 spiro atoms. The van der Waals surface area contributed by atoms with E-state index in [1.54, 1.807) is 30.0 Å². The minimum atomic E-state index is -0.372. The fraction of sp³-hybridized carbons (Fsp3) is 0.412. The van der Waals surface area contributed by atoms with Crippen molar-refractivity contribution in [1.82, 2.24) is 15.0 Å². The summed E-state index contributed by atoms with van der Waals surface area (Å²) in [4.78, 5) is 30.6. The molecule has 2 amide bonds. The van der Waals surface area contributed by atoms with Crippen LogP contribution in [0.4, 0.5) is 5.69 Å². The van der Waals surface area contributed by atoms with E-state index in [2.05, 4.69) is 15.5 Å². The predicted octanol–water partition coefficient (Wildman–Crippen LogP) is 3.03. The predicted molar refractivity (Wildman–Crippen MR) is 92.2 cm³/mol. The number of halogens is 1. The van der Waals surface area contributed by atoms with Crippen LogP contribution in [0.25, 0.3) is 0 Å². The van der Waals surface area contributed by atoms with Crippen LogP contribution in [0.1, 0.15) is 42.6 Å². The van der Waals surface area contributed by atoms with Gasteiger partial charge in [0, 0.05) is 17.3 Å². The van der Waals surface area contributed by atoms with Gasteiger partial charge in [0.1, 0.15) is 12.5 Å². The van der Waals surface area contributed by atoms with Gasteiger partial charge in [0.2, 0.25) is 17.7 Å². The highest BCUT2D eigenvalue weighted by Crippen LogP contribution is 2.31. The van der Waals surface area contributed by atoms with Crippen molar-refractivity contribution in [3.63, 3.8) is 0 Å². The van der Waals surface area contributed by atoms with E-state index in [9.17, 15) is 9.59 Å². The standard InChI is InChI=1S/C17H19ClN4O3/c1-10-12(18)5-3-6-13(10)20-15(23)9-16(24)22-8-4-7-14(22)17-19-11(2)21-25-17/h3,5-6,14H,4,7-9H2,1-2H3,(H,20,23). The summed E-state index contributed by atoms with van der Waals surface area (Å²) in [5, 5.41) is 7.08. The molecule has 7 nitrogen and oxygen atoms in total. The molecule has 1 unspecified atom stereocenters. The monoisotopic (exact) mass is 362 g/mol. The van der Waals surface area contributed by atoms with E-state index < -0.39 is 0 Å². The first-order chi connectivity index (χ1) is 12.0.